The molecule has 1 heterocycles. The van der Waals surface area contributed by atoms with Gasteiger partial charge in [0.1, 0.15) is 17.3 Å². The van der Waals surface area contributed by atoms with Crippen LogP contribution in [0.4, 0.5) is 0 Å². The van der Waals surface area contributed by atoms with Gasteiger partial charge in [0.05, 0.1) is 42.4 Å². The lowest BCUT2D eigenvalue weighted by molar-refractivity contribution is 0.395. The SMILES string of the molecule is COc1ccc(-c2nc3ccc(C#N)cc3[nH]2)c(OC)c1. The Labute approximate surface area is 121 Å². The summed E-state index contributed by atoms with van der Waals surface area (Å²) >= 11 is 0. The molecule has 1 aromatic heterocycles. The second kappa shape index (κ2) is 5.17. The van der Waals surface area contributed by atoms with Crippen LogP contribution in [0.15, 0.2) is 36.4 Å². The van der Waals surface area contributed by atoms with Gasteiger partial charge in [-0.2, -0.15) is 5.26 Å². The molecule has 0 aliphatic heterocycles. The second-order valence-electron chi connectivity index (χ2n) is 4.50. The zero-order valence-electron chi connectivity index (χ0n) is 11.7. The Hall–Kier alpha value is -3.00. The van der Waals surface area contributed by atoms with Crippen molar-refractivity contribution < 1.29 is 9.47 Å². The third kappa shape index (κ3) is 2.28. The number of benzene rings is 2. The van der Waals surface area contributed by atoms with Crippen molar-refractivity contribution in [2.24, 2.45) is 0 Å². The third-order valence-corrected chi connectivity index (χ3v) is 3.27. The van der Waals surface area contributed by atoms with Crippen molar-refractivity contribution in [3.8, 4) is 29.0 Å². The van der Waals surface area contributed by atoms with Crippen molar-refractivity contribution in [1.29, 1.82) is 5.26 Å². The minimum absolute atomic E-state index is 0.597. The van der Waals surface area contributed by atoms with E-state index in [4.69, 9.17) is 14.7 Å². The number of rotatable bonds is 3. The monoisotopic (exact) mass is 279 g/mol. The number of nitrogens with one attached hydrogen (secondary N) is 1. The zero-order valence-corrected chi connectivity index (χ0v) is 11.7. The van der Waals surface area contributed by atoms with Crippen LogP contribution >= 0.6 is 0 Å². The number of ether oxygens (including phenoxy) is 2. The molecule has 104 valence electrons. The highest BCUT2D eigenvalue weighted by Gasteiger charge is 2.12. The van der Waals surface area contributed by atoms with E-state index in [1.54, 1.807) is 26.4 Å². The molecule has 3 aromatic rings. The van der Waals surface area contributed by atoms with Gasteiger partial charge in [0.25, 0.3) is 0 Å². The maximum Gasteiger partial charge on any atom is 0.142 e. The number of nitrogens with zero attached hydrogens (tertiary/aromatic N) is 2. The van der Waals surface area contributed by atoms with E-state index in [0.29, 0.717) is 17.1 Å². The molecule has 0 saturated carbocycles. The van der Waals surface area contributed by atoms with Gasteiger partial charge in [-0.25, -0.2) is 4.98 Å². The summed E-state index contributed by atoms with van der Waals surface area (Å²) in [6, 6.07) is 13.0. The smallest absolute Gasteiger partial charge is 0.142 e. The van der Waals surface area contributed by atoms with E-state index in [1.807, 2.05) is 24.3 Å². The summed E-state index contributed by atoms with van der Waals surface area (Å²) in [7, 11) is 3.22. The molecule has 5 nitrogen and oxygen atoms in total. The van der Waals surface area contributed by atoms with E-state index in [2.05, 4.69) is 16.0 Å². The average Bonchev–Trinajstić information content (AvgIpc) is 2.96. The summed E-state index contributed by atoms with van der Waals surface area (Å²) in [6.45, 7) is 0. The standard InChI is InChI=1S/C16H13N3O2/c1-20-11-4-5-12(15(8-11)21-2)16-18-13-6-3-10(9-17)7-14(13)19-16/h3-8H,1-2H3,(H,18,19). The van der Waals surface area contributed by atoms with Crippen molar-refractivity contribution in [3.63, 3.8) is 0 Å². The fraction of sp³-hybridized carbons (Fsp3) is 0.125. The molecule has 0 radical (unpaired) electrons. The molecule has 0 aliphatic carbocycles. The Morgan fingerprint density at radius 3 is 2.67 bits per heavy atom. The summed E-state index contributed by atoms with van der Waals surface area (Å²) in [5, 5.41) is 8.94. The summed E-state index contributed by atoms with van der Waals surface area (Å²) in [4.78, 5) is 7.75. The van der Waals surface area contributed by atoms with E-state index in [1.165, 1.54) is 0 Å². The van der Waals surface area contributed by atoms with Gasteiger partial charge >= 0.3 is 0 Å². The average molecular weight is 279 g/mol. The van der Waals surface area contributed by atoms with Crippen molar-refractivity contribution in [2.45, 2.75) is 0 Å². The summed E-state index contributed by atoms with van der Waals surface area (Å²) in [5.74, 6) is 2.09. The Morgan fingerprint density at radius 2 is 1.95 bits per heavy atom. The molecule has 3 rings (SSSR count). The van der Waals surface area contributed by atoms with Crippen molar-refractivity contribution in [1.82, 2.24) is 9.97 Å². The number of hydrogen-bond acceptors (Lipinski definition) is 4. The Bertz CT molecular complexity index is 846. The van der Waals surface area contributed by atoms with Gasteiger partial charge in [-0.15, -0.1) is 0 Å². The van der Waals surface area contributed by atoms with Gasteiger partial charge in [-0.3, -0.25) is 0 Å². The molecule has 21 heavy (non-hydrogen) atoms. The third-order valence-electron chi connectivity index (χ3n) is 3.27. The van der Waals surface area contributed by atoms with Gasteiger partial charge in [-0.05, 0) is 30.3 Å². The second-order valence-corrected chi connectivity index (χ2v) is 4.50. The van der Waals surface area contributed by atoms with Crippen LogP contribution < -0.4 is 9.47 Å². The molecule has 0 atom stereocenters. The zero-order chi connectivity index (χ0) is 14.8. The first-order valence-electron chi connectivity index (χ1n) is 6.37. The van der Waals surface area contributed by atoms with Gasteiger partial charge in [0.2, 0.25) is 0 Å². The van der Waals surface area contributed by atoms with E-state index in [-0.39, 0.29) is 0 Å². The number of aromatic nitrogens is 2. The predicted molar refractivity (Wildman–Crippen MR) is 79.3 cm³/mol. The van der Waals surface area contributed by atoms with Gasteiger partial charge in [0, 0.05) is 6.07 Å². The van der Waals surface area contributed by atoms with Gasteiger partial charge in [0.15, 0.2) is 0 Å². The highest BCUT2D eigenvalue weighted by Crippen LogP contribution is 2.32. The number of imidazole rings is 1. The Balaban J connectivity index is 2.14. The van der Waals surface area contributed by atoms with Gasteiger partial charge < -0.3 is 14.5 Å². The van der Waals surface area contributed by atoms with Crippen LogP contribution in [0.1, 0.15) is 5.56 Å². The summed E-state index contributed by atoms with van der Waals surface area (Å²) in [6.07, 6.45) is 0. The molecule has 0 spiro atoms. The molecule has 0 aliphatic rings. The maximum atomic E-state index is 8.94. The fourth-order valence-corrected chi connectivity index (χ4v) is 2.20. The van der Waals surface area contributed by atoms with Crippen LogP contribution in [-0.2, 0) is 0 Å². The van der Waals surface area contributed by atoms with E-state index >= 15 is 0 Å². The van der Waals surface area contributed by atoms with Gasteiger partial charge in [-0.1, -0.05) is 0 Å². The fourth-order valence-electron chi connectivity index (χ4n) is 2.20. The van der Waals surface area contributed by atoms with E-state index in [0.717, 1.165) is 22.3 Å². The normalized spacial score (nSPS) is 10.3. The molecule has 0 amide bonds. The molecule has 2 aromatic carbocycles. The molecular weight excluding hydrogens is 266 g/mol. The summed E-state index contributed by atoms with van der Waals surface area (Å²) < 4.78 is 10.6. The van der Waals surface area contributed by atoms with Crippen molar-refractivity contribution in [2.75, 3.05) is 14.2 Å². The first-order chi connectivity index (χ1) is 10.2. The molecule has 0 saturated heterocycles. The quantitative estimate of drug-likeness (QED) is 0.799. The van der Waals surface area contributed by atoms with Crippen LogP contribution in [0.5, 0.6) is 11.5 Å². The first-order valence-corrected chi connectivity index (χ1v) is 6.37. The van der Waals surface area contributed by atoms with Crippen molar-refractivity contribution in [3.05, 3.63) is 42.0 Å². The number of nitriles is 1. The Kier molecular flexibility index (Phi) is 3.20. The minimum Gasteiger partial charge on any atom is -0.497 e. The lowest BCUT2D eigenvalue weighted by Gasteiger charge is -2.08. The number of aromatic amines is 1. The van der Waals surface area contributed by atoms with Crippen LogP contribution in [0, 0.1) is 11.3 Å². The van der Waals surface area contributed by atoms with Crippen LogP contribution in [0.25, 0.3) is 22.4 Å². The largest absolute Gasteiger partial charge is 0.497 e. The predicted octanol–water partition coefficient (Wildman–Crippen LogP) is 3.12. The number of H-pyrrole nitrogens is 1. The maximum absolute atomic E-state index is 8.94. The molecule has 0 unspecified atom stereocenters. The van der Waals surface area contributed by atoms with Crippen LogP contribution in [0.3, 0.4) is 0 Å². The summed E-state index contributed by atoms with van der Waals surface area (Å²) in [5.41, 5.74) is 3.07. The first kappa shape index (κ1) is 13.0. The lowest BCUT2D eigenvalue weighted by atomic mass is 10.2. The molecule has 1 N–H and O–H groups in total. The van der Waals surface area contributed by atoms with E-state index in [9.17, 15) is 0 Å². The Morgan fingerprint density at radius 1 is 1.10 bits per heavy atom. The molecule has 5 heteroatoms. The highest BCUT2D eigenvalue weighted by atomic mass is 16.5. The van der Waals surface area contributed by atoms with Crippen LogP contribution in [-0.4, -0.2) is 24.2 Å². The molecular formula is C16H13N3O2. The number of fused-ring (bicyclic) bond motifs is 1. The molecule has 0 fully saturated rings. The number of methoxy groups -OCH3 is 2. The van der Waals surface area contributed by atoms with Crippen molar-refractivity contribution >= 4 is 11.0 Å². The number of hydrogen-bond donors (Lipinski definition) is 1. The van der Waals surface area contributed by atoms with Crippen LogP contribution in [0.2, 0.25) is 0 Å². The van der Waals surface area contributed by atoms with E-state index < -0.39 is 0 Å². The minimum atomic E-state index is 0.597. The topological polar surface area (TPSA) is 70.9 Å². The lowest BCUT2D eigenvalue weighted by Crippen LogP contribution is -1.91. The highest BCUT2D eigenvalue weighted by molar-refractivity contribution is 5.82. The molecule has 0 bridgehead atoms.